The number of benzene rings is 2. The van der Waals surface area contributed by atoms with Gasteiger partial charge in [-0.05, 0) is 68.7 Å². The molecule has 0 aliphatic rings. The predicted octanol–water partition coefficient (Wildman–Crippen LogP) is 4.34. The van der Waals surface area contributed by atoms with Crippen LogP contribution < -0.4 is 10.1 Å². The molecule has 0 fully saturated rings. The maximum absolute atomic E-state index is 12.8. The van der Waals surface area contributed by atoms with Crippen LogP contribution >= 0.6 is 0 Å². The normalized spacial score (nSPS) is 12.1. The number of esters is 2. The zero-order valence-electron chi connectivity index (χ0n) is 18.6. The quantitative estimate of drug-likeness (QED) is 0.421. The molecule has 1 aromatic heterocycles. The van der Waals surface area contributed by atoms with Crippen molar-refractivity contribution in [1.82, 2.24) is 10.3 Å². The second kappa shape index (κ2) is 10.7. The van der Waals surface area contributed by atoms with Crippen LogP contribution in [0.1, 0.15) is 42.3 Å². The fourth-order valence-electron chi connectivity index (χ4n) is 3.01. The van der Waals surface area contributed by atoms with Crippen molar-refractivity contribution in [3.63, 3.8) is 0 Å². The first-order valence-corrected chi connectivity index (χ1v) is 10.5. The highest BCUT2D eigenvalue weighted by atomic mass is 16.6. The number of carbonyl (C=O) groups is 2. The van der Waals surface area contributed by atoms with Crippen LogP contribution in [0.25, 0.3) is 0 Å². The van der Waals surface area contributed by atoms with E-state index in [4.69, 9.17) is 9.47 Å². The summed E-state index contributed by atoms with van der Waals surface area (Å²) >= 11 is 0. The van der Waals surface area contributed by atoms with Gasteiger partial charge < -0.3 is 14.8 Å². The average Bonchev–Trinajstić information content (AvgIpc) is 2.77. The Morgan fingerprint density at radius 1 is 0.938 bits per heavy atom. The number of nitrogens with zero attached hydrogens (tertiary/aromatic N) is 1. The largest absolute Gasteiger partial charge is 0.456 e. The first-order chi connectivity index (χ1) is 15.3. The fraction of sp³-hybridized carbons (Fsp3) is 0.269. The third-order valence-corrected chi connectivity index (χ3v) is 4.55. The highest BCUT2D eigenvalue weighted by molar-refractivity contribution is 5.89. The number of aromatic nitrogens is 1. The van der Waals surface area contributed by atoms with Crippen molar-refractivity contribution in [2.24, 2.45) is 0 Å². The molecular formula is C26H28N2O4. The third kappa shape index (κ3) is 7.32. The zero-order valence-corrected chi connectivity index (χ0v) is 18.6. The SMILES string of the molecule is CC(C)(C)OC(=O)c1ccc(CN[C@H](Cc2cccnc2)C(=O)Oc2ccccc2)cc1. The number of rotatable bonds is 8. The molecule has 0 radical (unpaired) electrons. The van der Waals surface area contributed by atoms with E-state index in [-0.39, 0.29) is 11.9 Å². The Balaban J connectivity index is 1.66. The van der Waals surface area contributed by atoms with Crippen LogP contribution in [-0.2, 0) is 22.5 Å². The molecule has 166 valence electrons. The number of hydrogen-bond donors (Lipinski definition) is 1. The van der Waals surface area contributed by atoms with E-state index in [2.05, 4.69) is 10.3 Å². The van der Waals surface area contributed by atoms with Gasteiger partial charge in [-0.3, -0.25) is 4.98 Å². The molecular weight excluding hydrogens is 404 g/mol. The first kappa shape index (κ1) is 23.2. The molecule has 6 nitrogen and oxygen atoms in total. The van der Waals surface area contributed by atoms with Crippen molar-refractivity contribution in [2.45, 2.75) is 45.4 Å². The zero-order chi connectivity index (χ0) is 23.0. The summed E-state index contributed by atoms with van der Waals surface area (Å²) in [5.41, 5.74) is 1.80. The number of pyridine rings is 1. The lowest BCUT2D eigenvalue weighted by atomic mass is 10.1. The summed E-state index contributed by atoms with van der Waals surface area (Å²) in [7, 11) is 0. The molecule has 0 bridgehead atoms. The van der Waals surface area contributed by atoms with Crippen LogP contribution in [0.3, 0.4) is 0 Å². The number of ether oxygens (including phenoxy) is 2. The van der Waals surface area contributed by atoms with E-state index < -0.39 is 11.6 Å². The minimum absolute atomic E-state index is 0.363. The van der Waals surface area contributed by atoms with Crippen molar-refractivity contribution in [1.29, 1.82) is 0 Å². The smallest absolute Gasteiger partial charge is 0.338 e. The molecule has 0 unspecified atom stereocenters. The predicted molar refractivity (Wildman–Crippen MR) is 122 cm³/mol. The molecule has 0 aliphatic carbocycles. The van der Waals surface area contributed by atoms with Crippen molar-refractivity contribution < 1.29 is 19.1 Å². The summed E-state index contributed by atoms with van der Waals surface area (Å²) in [5, 5.41) is 3.27. The molecule has 0 amide bonds. The molecule has 1 heterocycles. The highest BCUT2D eigenvalue weighted by Crippen LogP contribution is 2.14. The molecule has 3 aromatic rings. The fourth-order valence-corrected chi connectivity index (χ4v) is 3.01. The van der Waals surface area contributed by atoms with Gasteiger partial charge in [0.25, 0.3) is 0 Å². The molecule has 0 saturated heterocycles. The Hall–Kier alpha value is -3.51. The summed E-state index contributed by atoms with van der Waals surface area (Å²) in [6.45, 7) is 5.93. The van der Waals surface area contributed by atoms with Gasteiger partial charge >= 0.3 is 11.9 Å². The standard InChI is InChI=1S/C26H28N2O4/c1-26(2,3)32-24(29)21-13-11-19(12-14-21)18-28-23(16-20-8-7-15-27-17-20)25(30)31-22-9-5-4-6-10-22/h4-15,17,23,28H,16,18H2,1-3H3/t23-/m1/s1. The van der Waals surface area contributed by atoms with Crippen LogP contribution in [0.5, 0.6) is 5.75 Å². The topological polar surface area (TPSA) is 77.5 Å². The number of para-hydroxylation sites is 1. The van der Waals surface area contributed by atoms with E-state index in [0.717, 1.165) is 11.1 Å². The number of carbonyl (C=O) groups excluding carboxylic acids is 2. The van der Waals surface area contributed by atoms with Crippen LogP contribution in [0, 0.1) is 0 Å². The van der Waals surface area contributed by atoms with Crippen molar-refractivity contribution in [2.75, 3.05) is 0 Å². The second-order valence-corrected chi connectivity index (χ2v) is 8.43. The van der Waals surface area contributed by atoms with E-state index in [1.165, 1.54) is 0 Å². The van der Waals surface area contributed by atoms with Crippen LogP contribution in [0.15, 0.2) is 79.1 Å². The monoisotopic (exact) mass is 432 g/mol. The van der Waals surface area contributed by atoms with Gasteiger partial charge in [-0.1, -0.05) is 36.4 Å². The van der Waals surface area contributed by atoms with E-state index in [1.807, 2.05) is 63.2 Å². The summed E-state index contributed by atoms with van der Waals surface area (Å²) < 4.78 is 10.9. The second-order valence-electron chi connectivity index (χ2n) is 8.43. The minimum atomic E-state index is -0.565. The Kier molecular flexibility index (Phi) is 7.73. The average molecular weight is 433 g/mol. The van der Waals surface area contributed by atoms with Gasteiger partial charge in [-0.15, -0.1) is 0 Å². The molecule has 1 atom stereocenters. The van der Waals surface area contributed by atoms with Crippen molar-refractivity contribution in [3.05, 3.63) is 95.8 Å². The van der Waals surface area contributed by atoms with Crippen LogP contribution in [-0.4, -0.2) is 28.6 Å². The van der Waals surface area contributed by atoms with Gasteiger partial charge in [0.05, 0.1) is 5.56 Å². The maximum Gasteiger partial charge on any atom is 0.338 e. The molecule has 0 spiro atoms. The molecule has 1 N–H and O–H groups in total. The Labute approximate surface area is 188 Å². The van der Waals surface area contributed by atoms with Gasteiger partial charge in [0, 0.05) is 18.9 Å². The van der Waals surface area contributed by atoms with Crippen LogP contribution in [0.4, 0.5) is 0 Å². The van der Waals surface area contributed by atoms with Gasteiger partial charge in [-0.25, -0.2) is 9.59 Å². The van der Waals surface area contributed by atoms with Gasteiger partial charge in [-0.2, -0.15) is 0 Å². The van der Waals surface area contributed by atoms with Gasteiger partial charge in [0.1, 0.15) is 17.4 Å². The Morgan fingerprint density at radius 2 is 1.66 bits per heavy atom. The van der Waals surface area contributed by atoms with Gasteiger partial charge in [0.2, 0.25) is 0 Å². The van der Waals surface area contributed by atoms with Crippen molar-refractivity contribution >= 4 is 11.9 Å². The van der Waals surface area contributed by atoms with E-state index >= 15 is 0 Å². The molecule has 32 heavy (non-hydrogen) atoms. The molecule has 0 saturated carbocycles. The summed E-state index contributed by atoms with van der Waals surface area (Å²) in [5.74, 6) is -0.236. The molecule has 2 aromatic carbocycles. The van der Waals surface area contributed by atoms with E-state index in [9.17, 15) is 9.59 Å². The van der Waals surface area contributed by atoms with Gasteiger partial charge in [0.15, 0.2) is 0 Å². The number of nitrogens with one attached hydrogen (secondary N) is 1. The summed E-state index contributed by atoms with van der Waals surface area (Å²) in [6, 6.07) is 19.3. The van der Waals surface area contributed by atoms with E-state index in [0.29, 0.717) is 24.3 Å². The maximum atomic E-state index is 12.8. The Bertz CT molecular complexity index is 1010. The van der Waals surface area contributed by atoms with E-state index in [1.54, 1.807) is 36.7 Å². The summed E-state index contributed by atoms with van der Waals surface area (Å²) in [6.07, 6.45) is 3.87. The highest BCUT2D eigenvalue weighted by Gasteiger charge is 2.22. The lowest BCUT2D eigenvalue weighted by Crippen LogP contribution is -2.41. The summed E-state index contributed by atoms with van der Waals surface area (Å²) in [4.78, 5) is 29.2. The molecule has 0 aliphatic heterocycles. The molecule has 6 heteroatoms. The third-order valence-electron chi connectivity index (χ3n) is 4.55. The first-order valence-electron chi connectivity index (χ1n) is 10.5. The lowest BCUT2D eigenvalue weighted by molar-refractivity contribution is -0.136. The minimum Gasteiger partial charge on any atom is -0.456 e. The van der Waals surface area contributed by atoms with Crippen LogP contribution in [0.2, 0.25) is 0 Å². The lowest BCUT2D eigenvalue weighted by Gasteiger charge is -2.20. The van der Waals surface area contributed by atoms with Crippen molar-refractivity contribution in [3.8, 4) is 5.75 Å². The Morgan fingerprint density at radius 3 is 2.28 bits per heavy atom. The molecule has 3 rings (SSSR count). The number of hydrogen-bond acceptors (Lipinski definition) is 6.